The van der Waals surface area contributed by atoms with E-state index in [1.807, 2.05) is 71.3 Å². The second kappa shape index (κ2) is 8.06. The van der Waals surface area contributed by atoms with Crippen LogP contribution in [-0.4, -0.2) is 29.5 Å². The molecule has 0 fully saturated rings. The van der Waals surface area contributed by atoms with Crippen molar-refractivity contribution in [1.29, 1.82) is 0 Å². The van der Waals surface area contributed by atoms with Gasteiger partial charge in [-0.2, -0.15) is 0 Å². The van der Waals surface area contributed by atoms with Crippen molar-refractivity contribution in [2.24, 2.45) is 0 Å². The van der Waals surface area contributed by atoms with Gasteiger partial charge in [-0.05, 0) is 29.8 Å². The molecule has 1 amide bonds. The molecule has 0 saturated heterocycles. The van der Waals surface area contributed by atoms with Crippen LogP contribution in [0.1, 0.15) is 16.1 Å². The molecule has 0 spiro atoms. The summed E-state index contributed by atoms with van der Waals surface area (Å²) < 4.78 is 12.8. The third-order valence-electron chi connectivity index (χ3n) is 4.70. The van der Waals surface area contributed by atoms with Crippen LogP contribution < -0.4 is 14.8 Å². The number of amides is 1. The number of aromatic nitrogens is 2. The molecule has 0 aliphatic heterocycles. The van der Waals surface area contributed by atoms with E-state index >= 15 is 0 Å². The Labute approximate surface area is 168 Å². The van der Waals surface area contributed by atoms with Gasteiger partial charge in [0.15, 0.2) is 0 Å². The molecule has 1 N–H and O–H groups in total. The van der Waals surface area contributed by atoms with E-state index in [0.29, 0.717) is 29.4 Å². The Morgan fingerprint density at radius 2 is 1.66 bits per heavy atom. The maximum absolute atomic E-state index is 12.5. The highest BCUT2D eigenvalue weighted by Gasteiger charge is 2.15. The summed E-state index contributed by atoms with van der Waals surface area (Å²) in [4.78, 5) is 16.9. The number of fused-ring (bicyclic) bond motifs is 1. The van der Waals surface area contributed by atoms with Crippen molar-refractivity contribution < 1.29 is 14.3 Å². The van der Waals surface area contributed by atoms with E-state index in [-0.39, 0.29) is 5.91 Å². The van der Waals surface area contributed by atoms with E-state index in [9.17, 15) is 4.79 Å². The highest BCUT2D eigenvalue weighted by molar-refractivity contribution is 5.93. The van der Waals surface area contributed by atoms with Gasteiger partial charge >= 0.3 is 0 Å². The molecule has 146 valence electrons. The molecule has 4 aromatic rings. The molecule has 0 radical (unpaired) electrons. The molecule has 2 aromatic carbocycles. The molecule has 0 aliphatic rings. The molecule has 4 rings (SSSR count). The van der Waals surface area contributed by atoms with Gasteiger partial charge in [0.25, 0.3) is 5.91 Å². The first-order chi connectivity index (χ1) is 14.2. The van der Waals surface area contributed by atoms with Gasteiger partial charge in [0, 0.05) is 24.5 Å². The van der Waals surface area contributed by atoms with Crippen LogP contribution >= 0.6 is 0 Å². The summed E-state index contributed by atoms with van der Waals surface area (Å²) >= 11 is 0. The number of rotatable bonds is 6. The van der Waals surface area contributed by atoms with Crippen molar-refractivity contribution in [2.75, 3.05) is 14.2 Å². The zero-order valence-electron chi connectivity index (χ0n) is 16.3. The quantitative estimate of drug-likeness (QED) is 0.544. The Morgan fingerprint density at radius 1 is 0.931 bits per heavy atom. The fourth-order valence-electron chi connectivity index (χ4n) is 3.25. The normalized spacial score (nSPS) is 10.7. The Balaban J connectivity index is 1.62. The maximum Gasteiger partial charge on any atom is 0.271 e. The standard InChI is InChI=1S/C23H21N3O3/c1-28-19-9-6-10-20(29-2)22(19)17-11-12-21-25-18(15-26(21)14-17)23(27)24-13-16-7-4-3-5-8-16/h3-12,14-15H,13H2,1-2H3,(H,24,27). The highest BCUT2D eigenvalue weighted by atomic mass is 16.5. The lowest BCUT2D eigenvalue weighted by atomic mass is 10.1. The summed E-state index contributed by atoms with van der Waals surface area (Å²) in [6, 6.07) is 19.2. The molecule has 0 saturated carbocycles. The predicted octanol–water partition coefficient (Wildman–Crippen LogP) is 3.95. The van der Waals surface area contributed by atoms with Gasteiger partial charge in [0.05, 0.1) is 19.8 Å². The first-order valence-electron chi connectivity index (χ1n) is 9.22. The molecule has 2 aromatic heterocycles. The van der Waals surface area contributed by atoms with E-state index in [1.165, 1.54) is 0 Å². The number of carbonyl (C=O) groups is 1. The van der Waals surface area contributed by atoms with Crippen molar-refractivity contribution in [1.82, 2.24) is 14.7 Å². The third-order valence-corrected chi connectivity index (χ3v) is 4.70. The number of nitrogens with zero attached hydrogens (tertiary/aromatic N) is 2. The monoisotopic (exact) mass is 387 g/mol. The number of nitrogens with one attached hydrogen (secondary N) is 1. The second-order valence-corrected chi connectivity index (χ2v) is 6.52. The topological polar surface area (TPSA) is 64.9 Å². The Morgan fingerprint density at radius 3 is 2.34 bits per heavy atom. The number of imidazole rings is 1. The van der Waals surface area contributed by atoms with Crippen LogP contribution in [0.25, 0.3) is 16.8 Å². The third kappa shape index (κ3) is 3.78. The van der Waals surface area contributed by atoms with Crippen molar-refractivity contribution in [3.8, 4) is 22.6 Å². The first kappa shape index (κ1) is 18.6. The van der Waals surface area contributed by atoms with Gasteiger partial charge in [0.2, 0.25) is 0 Å². The van der Waals surface area contributed by atoms with Gasteiger partial charge < -0.3 is 19.2 Å². The molecular weight excluding hydrogens is 366 g/mol. The van der Waals surface area contributed by atoms with Crippen molar-refractivity contribution in [3.63, 3.8) is 0 Å². The molecular formula is C23H21N3O3. The van der Waals surface area contributed by atoms with Gasteiger partial charge in [-0.1, -0.05) is 36.4 Å². The van der Waals surface area contributed by atoms with E-state index in [4.69, 9.17) is 9.47 Å². The lowest BCUT2D eigenvalue weighted by molar-refractivity contribution is 0.0946. The van der Waals surface area contributed by atoms with Gasteiger partial charge in [-0.15, -0.1) is 0 Å². The van der Waals surface area contributed by atoms with Gasteiger partial charge in [-0.25, -0.2) is 4.98 Å². The number of pyridine rings is 1. The Bertz CT molecular complexity index is 1130. The van der Waals surface area contributed by atoms with Crippen LogP contribution in [0.2, 0.25) is 0 Å². The van der Waals surface area contributed by atoms with E-state index < -0.39 is 0 Å². The molecule has 29 heavy (non-hydrogen) atoms. The summed E-state index contributed by atoms with van der Waals surface area (Å²) in [7, 11) is 3.26. The van der Waals surface area contributed by atoms with Crippen LogP contribution in [0.3, 0.4) is 0 Å². The van der Waals surface area contributed by atoms with E-state index in [0.717, 1.165) is 16.7 Å². The van der Waals surface area contributed by atoms with Gasteiger partial charge in [0.1, 0.15) is 22.8 Å². The lowest BCUT2D eigenvalue weighted by Gasteiger charge is -2.13. The average molecular weight is 387 g/mol. The fraction of sp³-hybridized carbons (Fsp3) is 0.130. The highest BCUT2D eigenvalue weighted by Crippen LogP contribution is 2.38. The second-order valence-electron chi connectivity index (χ2n) is 6.52. The Kier molecular flexibility index (Phi) is 5.16. The van der Waals surface area contributed by atoms with Crippen LogP contribution in [0, 0.1) is 0 Å². The molecule has 0 atom stereocenters. The summed E-state index contributed by atoms with van der Waals surface area (Å²) in [6.45, 7) is 0.456. The van der Waals surface area contributed by atoms with E-state index in [1.54, 1.807) is 20.4 Å². The largest absolute Gasteiger partial charge is 0.496 e. The molecule has 0 bridgehead atoms. The summed E-state index contributed by atoms with van der Waals surface area (Å²) in [5.41, 5.74) is 3.84. The predicted molar refractivity (Wildman–Crippen MR) is 111 cm³/mol. The zero-order chi connectivity index (χ0) is 20.2. The molecule has 6 nitrogen and oxygen atoms in total. The molecule has 0 unspecified atom stereocenters. The molecule has 6 heteroatoms. The average Bonchev–Trinajstić information content (AvgIpc) is 3.21. The SMILES string of the molecule is COc1cccc(OC)c1-c1ccc2nc(C(=O)NCc3ccccc3)cn2c1. The Hall–Kier alpha value is -3.80. The van der Waals surface area contributed by atoms with Crippen molar-refractivity contribution in [3.05, 3.63) is 84.3 Å². The number of methoxy groups -OCH3 is 2. The number of carbonyl (C=O) groups excluding carboxylic acids is 1. The van der Waals surface area contributed by atoms with Crippen LogP contribution in [0.15, 0.2) is 73.1 Å². The van der Waals surface area contributed by atoms with Crippen molar-refractivity contribution in [2.45, 2.75) is 6.54 Å². The summed E-state index contributed by atoms with van der Waals surface area (Å²) in [6.07, 6.45) is 3.64. The fourth-order valence-corrected chi connectivity index (χ4v) is 3.25. The first-order valence-corrected chi connectivity index (χ1v) is 9.22. The van der Waals surface area contributed by atoms with Crippen LogP contribution in [0.4, 0.5) is 0 Å². The van der Waals surface area contributed by atoms with E-state index in [2.05, 4.69) is 10.3 Å². The van der Waals surface area contributed by atoms with Crippen LogP contribution in [0.5, 0.6) is 11.5 Å². The number of ether oxygens (including phenoxy) is 2. The minimum Gasteiger partial charge on any atom is -0.496 e. The summed E-state index contributed by atoms with van der Waals surface area (Å²) in [5, 5.41) is 2.90. The summed E-state index contributed by atoms with van der Waals surface area (Å²) in [5.74, 6) is 1.21. The maximum atomic E-state index is 12.5. The number of hydrogen-bond donors (Lipinski definition) is 1. The molecule has 2 heterocycles. The van der Waals surface area contributed by atoms with Gasteiger partial charge in [-0.3, -0.25) is 4.79 Å². The number of benzene rings is 2. The minimum atomic E-state index is -0.214. The lowest BCUT2D eigenvalue weighted by Crippen LogP contribution is -2.23. The zero-order valence-corrected chi connectivity index (χ0v) is 16.3. The van der Waals surface area contributed by atoms with Crippen LogP contribution in [-0.2, 0) is 6.54 Å². The van der Waals surface area contributed by atoms with Crippen molar-refractivity contribution >= 4 is 11.6 Å². The number of hydrogen-bond acceptors (Lipinski definition) is 4. The minimum absolute atomic E-state index is 0.214. The molecule has 0 aliphatic carbocycles. The smallest absolute Gasteiger partial charge is 0.271 e.